The second-order valence-electron chi connectivity index (χ2n) is 7.18. The van der Waals surface area contributed by atoms with Crippen molar-refractivity contribution in [3.05, 3.63) is 42.5 Å². The fourth-order valence-electron chi connectivity index (χ4n) is 2.56. The molecule has 0 aromatic heterocycles. The maximum Gasteiger partial charge on any atom is 0.426 e. The standard InChI is InChI=1S/C18H18F3NO8S3/c1-17(24,18(19,20)21)16(23)22-12-9-8-11(10-15(12)32(3,27)28)33(29,30)14-7-5-4-6-13(14)31(2,25)26/h4-10,24H,1-3H3,(H,22,23)/t17-/m1/s1. The maximum atomic E-state index is 13.1. The molecule has 2 rings (SSSR count). The monoisotopic (exact) mass is 529 g/mol. The van der Waals surface area contributed by atoms with E-state index in [1.54, 1.807) is 5.32 Å². The number of rotatable bonds is 6. The van der Waals surface area contributed by atoms with Crippen LogP contribution in [0.2, 0.25) is 0 Å². The lowest BCUT2D eigenvalue weighted by Gasteiger charge is -2.25. The van der Waals surface area contributed by atoms with Crippen LogP contribution in [0.25, 0.3) is 0 Å². The van der Waals surface area contributed by atoms with E-state index in [9.17, 15) is 48.3 Å². The molecule has 2 aromatic carbocycles. The van der Waals surface area contributed by atoms with Gasteiger partial charge in [-0.15, -0.1) is 0 Å². The van der Waals surface area contributed by atoms with Crippen LogP contribution in [0, 0.1) is 0 Å². The van der Waals surface area contributed by atoms with Gasteiger partial charge in [0.15, 0.2) is 19.7 Å². The Labute approximate surface area is 188 Å². The van der Waals surface area contributed by atoms with Crippen LogP contribution in [0.5, 0.6) is 0 Å². The zero-order chi connectivity index (χ0) is 25.6. The zero-order valence-corrected chi connectivity index (χ0v) is 19.7. The van der Waals surface area contributed by atoms with Gasteiger partial charge in [0.2, 0.25) is 15.4 Å². The van der Waals surface area contributed by atoms with Gasteiger partial charge in [-0.05, 0) is 37.3 Å². The minimum atomic E-state index is -5.39. The van der Waals surface area contributed by atoms with Crippen LogP contribution in [-0.4, -0.2) is 60.6 Å². The zero-order valence-electron chi connectivity index (χ0n) is 17.2. The van der Waals surface area contributed by atoms with Crippen molar-refractivity contribution in [2.45, 2.75) is 38.3 Å². The molecule has 0 aliphatic heterocycles. The Morgan fingerprint density at radius 1 is 0.848 bits per heavy atom. The molecular weight excluding hydrogens is 511 g/mol. The van der Waals surface area contributed by atoms with Gasteiger partial charge >= 0.3 is 6.18 Å². The summed E-state index contributed by atoms with van der Waals surface area (Å²) >= 11 is 0. The van der Waals surface area contributed by atoms with E-state index in [0.717, 1.165) is 30.5 Å². The van der Waals surface area contributed by atoms with E-state index >= 15 is 0 Å². The van der Waals surface area contributed by atoms with E-state index in [1.165, 1.54) is 12.1 Å². The van der Waals surface area contributed by atoms with Crippen molar-refractivity contribution in [2.75, 3.05) is 17.8 Å². The van der Waals surface area contributed by atoms with E-state index in [1.807, 2.05) is 0 Å². The summed E-state index contributed by atoms with van der Waals surface area (Å²) in [6.45, 7) is 0.156. The van der Waals surface area contributed by atoms with Gasteiger partial charge in [0.25, 0.3) is 5.91 Å². The van der Waals surface area contributed by atoms with Crippen molar-refractivity contribution in [3.8, 4) is 0 Å². The van der Waals surface area contributed by atoms with Gasteiger partial charge in [-0.25, -0.2) is 25.3 Å². The van der Waals surface area contributed by atoms with Crippen molar-refractivity contribution in [2.24, 2.45) is 0 Å². The number of carbonyl (C=O) groups excluding carboxylic acids is 1. The fourth-order valence-corrected chi connectivity index (χ4v) is 6.40. The lowest BCUT2D eigenvalue weighted by Crippen LogP contribution is -2.52. The Bertz CT molecular complexity index is 1430. The number of halogens is 3. The van der Waals surface area contributed by atoms with Crippen molar-refractivity contribution in [1.82, 2.24) is 0 Å². The van der Waals surface area contributed by atoms with E-state index in [0.29, 0.717) is 12.3 Å². The highest BCUT2D eigenvalue weighted by atomic mass is 32.2. The second kappa shape index (κ2) is 8.38. The predicted octanol–water partition coefficient (Wildman–Crippen LogP) is 1.58. The second-order valence-corrected chi connectivity index (χ2v) is 13.1. The highest BCUT2D eigenvalue weighted by Crippen LogP contribution is 2.34. The van der Waals surface area contributed by atoms with Crippen molar-refractivity contribution in [3.63, 3.8) is 0 Å². The Kier molecular flexibility index (Phi) is 6.79. The summed E-state index contributed by atoms with van der Waals surface area (Å²) in [6.07, 6.45) is -4.00. The van der Waals surface area contributed by atoms with Crippen LogP contribution in [0.4, 0.5) is 18.9 Å². The van der Waals surface area contributed by atoms with Gasteiger partial charge in [-0.1, -0.05) is 12.1 Å². The number of nitrogens with one attached hydrogen (secondary N) is 1. The third kappa shape index (κ3) is 5.37. The van der Waals surface area contributed by atoms with Gasteiger partial charge in [-0.2, -0.15) is 13.2 Å². The Morgan fingerprint density at radius 3 is 1.79 bits per heavy atom. The van der Waals surface area contributed by atoms with Crippen LogP contribution < -0.4 is 5.32 Å². The van der Waals surface area contributed by atoms with E-state index < -0.39 is 72.5 Å². The molecule has 0 fully saturated rings. The van der Waals surface area contributed by atoms with Crippen molar-refractivity contribution >= 4 is 41.1 Å². The number of benzene rings is 2. The van der Waals surface area contributed by atoms with Gasteiger partial charge < -0.3 is 10.4 Å². The first-order valence-electron chi connectivity index (χ1n) is 8.69. The Hall–Kier alpha value is -2.49. The van der Waals surface area contributed by atoms with Crippen LogP contribution in [0.15, 0.2) is 62.0 Å². The third-order valence-corrected chi connectivity index (χ3v) is 8.67. The van der Waals surface area contributed by atoms with Crippen LogP contribution in [0.3, 0.4) is 0 Å². The average Bonchev–Trinajstić information content (AvgIpc) is 2.65. The number of sulfone groups is 3. The molecule has 33 heavy (non-hydrogen) atoms. The SMILES string of the molecule is C[C@@](O)(C(=O)Nc1ccc(S(=O)(=O)c2ccccc2S(C)(=O)=O)cc1S(C)(=O)=O)C(F)(F)F. The molecule has 0 bridgehead atoms. The molecular formula is C18H18F3NO8S3. The van der Waals surface area contributed by atoms with Gasteiger partial charge in [0.05, 0.1) is 25.3 Å². The molecule has 15 heteroatoms. The summed E-state index contributed by atoms with van der Waals surface area (Å²) in [6, 6.07) is 6.62. The summed E-state index contributed by atoms with van der Waals surface area (Å²) in [5, 5.41) is 11.1. The highest BCUT2D eigenvalue weighted by Gasteiger charge is 2.56. The fraction of sp³-hybridized carbons (Fsp3) is 0.278. The first kappa shape index (κ1) is 26.8. The van der Waals surface area contributed by atoms with Crippen LogP contribution in [0.1, 0.15) is 6.92 Å². The quantitative estimate of drug-likeness (QED) is 0.572. The average molecular weight is 530 g/mol. The largest absolute Gasteiger partial charge is 0.426 e. The number of amides is 1. The molecule has 9 nitrogen and oxygen atoms in total. The Balaban J connectivity index is 2.69. The molecule has 1 amide bonds. The molecule has 0 aliphatic carbocycles. The molecule has 0 spiro atoms. The molecule has 0 aliphatic rings. The number of alkyl halides is 3. The molecule has 0 saturated carbocycles. The summed E-state index contributed by atoms with van der Waals surface area (Å²) in [4.78, 5) is 9.19. The molecule has 182 valence electrons. The summed E-state index contributed by atoms with van der Waals surface area (Å²) in [5.74, 6) is -2.00. The minimum absolute atomic E-state index is 0.156. The summed E-state index contributed by atoms with van der Waals surface area (Å²) in [5.41, 5.74) is -4.59. The molecule has 0 unspecified atom stereocenters. The minimum Gasteiger partial charge on any atom is -0.373 e. The topological polar surface area (TPSA) is 152 Å². The first-order chi connectivity index (χ1) is 14.7. The lowest BCUT2D eigenvalue weighted by molar-refractivity contribution is -0.242. The van der Waals surface area contributed by atoms with Crippen molar-refractivity contribution < 1.29 is 48.3 Å². The third-order valence-electron chi connectivity index (χ3n) is 4.44. The summed E-state index contributed by atoms with van der Waals surface area (Å²) < 4.78 is 113. The molecule has 2 N–H and O–H groups in total. The van der Waals surface area contributed by atoms with Gasteiger partial charge in [0.1, 0.15) is 0 Å². The first-order valence-corrected chi connectivity index (χ1v) is 14.0. The lowest BCUT2D eigenvalue weighted by atomic mass is 10.1. The number of aliphatic hydroxyl groups is 1. The van der Waals surface area contributed by atoms with E-state index in [2.05, 4.69) is 0 Å². The number of anilines is 1. The van der Waals surface area contributed by atoms with Crippen LogP contribution >= 0.6 is 0 Å². The number of hydrogen-bond acceptors (Lipinski definition) is 8. The smallest absolute Gasteiger partial charge is 0.373 e. The van der Waals surface area contributed by atoms with Crippen molar-refractivity contribution in [1.29, 1.82) is 0 Å². The number of carbonyl (C=O) groups is 1. The molecule has 0 heterocycles. The predicted molar refractivity (Wildman–Crippen MR) is 110 cm³/mol. The van der Waals surface area contributed by atoms with Crippen LogP contribution in [-0.2, 0) is 34.3 Å². The normalized spacial score (nSPS) is 15.0. The molecule has 1 atom stereocenters. The molecule has 0 radical (unpaired) electrons. The summed E-state index contributed by atoms with van der Waals surface area (Å²) in [7, 11) is -12.9. The van der Waals surface area contributed by atoms with E-state index in [-0.39, 0.29) is 6.92 Å². The number of hydrogen-bond donors (Lipinski definition) is 2. The maximum absolute atomic E-state index is 13.1. The van der Waals surface area contributed by atoms with Gasteiger partial charge in [0, 0.05) is 12.5 Å². The van der Waals surface area contributed by atoms with E-state index in [4.69, 9.17) is 0 Å². The molecule has 0 saturated heterocycles. The highest BCUT2D eigenvalue weighted by molar-refractivity contribution is 7.94. The molecule has 2 aromatic rings. The Morgan fingerprint density at radius 2 is 1.33 bits per heavy atom. The van der Waals surface area contributed by atoms with Gasteiger partial charge in [-0.3, -0.25) is 4.79 Å².